The van der Waals surface area contributed by atoms with E-state index in [0.29, 0.717) is 24.5 Å². The molecule has 4 aromatic rings. The van der Waals surface area contributed by atoms with Crippen molar-refractivity contribution in [2.45, 2.75) is 25.3 Å². The van der Waals surface area contributed by atoms with Gasteiger partial charge >= 0.3 is 0 Å². The lowest BCUT2D eigenvalue weighted by molar-refractivity contribution is 0.591. The zero-order valence-electron chi connectivity index (χ0n) is 16.9. The highest BCUT2D eigenvalue weighted by atomic mass is 32.2. The number of thiophene rings is 1. The fourth-order valence-corrected chi connectivity index (χ4v) is 5.83. The van der Waals surface area contributed by atoms with Gasteiger partial charge in [-0.2, -0.15) is 5.10 Å². The predicted molar refractivity (Wildman–Crippen MR) is 122 cm³/mol. The maximum atomic E-state index is 13.7. The van der Waals surface area contributed by atoms with Crippen molar-refractivity contribution < 1.29 is 8.42 Å². The first-order chi connectivity index (χ1) is 14.5. The van der Waals surface area contributed by atoms with E-state index in [1.165, 1.54) is 15.6 Å². The maximum absolute atomic E-state index is 13.7. The zero-order chi connectivity index (χ0) is 21.1. The van der Waals surface area contributed by atoms with Crippen molar-refractivity contribution in [1.82, 2.24) is 9.78 Å². The minimum atomic E-state index is -3.79. The summed E-state index contributed by atoms with van der Waals surface area (Å²) in [4.78, 5) is 1.06. The van der Waals surface area contributed by atoms with E-state index in [0.717, 1.165) is 16.0 Å². The second-order valence-corrected chi connectivity index (χ2v) is 9.79. The van der Waals surface area contributed by atoms with Gasteiger partial charge in [-0.3, -0.25) is 8.99 Å². The topological polar surface area (TPSA) is 55.2 Å². The van der Waals surface area contributed by atoms with Crippen molar-refractivity contribution in [3.8, 4) is 10.6 Å². The van der Waals surface area contributed by atoms with Crippen molar-refractivity contribution in [2.24, 2.45) is 0 Å². The third-order valence-corrected chi connectivity index (χ3v) is 7.60. The number of anilines is 1. The number of sulfonamides is 1. The molecule has 0 aliphatic heterocycles. The molecule has 30 heavy (non-hydrogen) atoms. The number of hydrogen-bond acceptors (Lipinski definition) is 4. The van der Waals surface area contributed by atoms with Crippen LogP contribution in [0.1, 0.15) is 18.1 Å². The van der Waals surface area contributed by atoms with E-state index in [1.54, 1.807) is 10.9 Å². The van der Waals surface area contributed by atoms with Crippen molar-refractivity contribution in [3.63, 3.8) is 0 Å². The predicted octanol–water partition coefficient (Wildman–Crippen LogP) is 5.18. The van der Waals surface area contributed by atoms with Gasteiger partial charge in [0.1, 0.15) is 10.6 Å². The molecule has 2 heterocycles. The van der Waals surface area contributed by atoms with Gasteiger partial charge in [-0.25, -0.2) is 8.42 Å². The molecule has 0 atom stereocenters. The third-order valence-electron chi connectivity index (χ3n) is 4.81. The molecule has 0 N–H and O–H groups in total. The van der Waals surface area contributed by atoms with E-state index >= 15 is 0 Å². The maximum Gasteiger partial charge on any atom is 0.268 e. The third kappa shape index (κ3) is 4.04. The molecule has 154 valence electrons. The molecule has 0 bridgehead atoms. The summed E-state index contributed by atoms with van der Waals surface area (Å²) in [7, 11) is -3.79. The van der Waals surface area contributed by atoms with E-state index in [4.69, 9.17) is 0 Å². The summed E-state index contributed by atoms with van der Waals surface area (Å²) in [5.41, 5.74) is 3.23. The lowest BCUT2D eigenvalue weighted by Crippen LogP contribution is -2.31. The molecule has 2 aromatic heterocycles. The summed E-state index contributed by atoms with van der Waals surface area (Å²) in [5, 5.41) is 6.59. The minimum Gasteiger partial charge on any atom is -0.266 e. The molecular weight excluding hydrogens is 414 g/mol. The molecule has 0 amide bonds. The standard InChI is InChI=1S/C23H23N3O2S2/c1-3-26(20-12-7-9-18(2)15-20)30(27,28)22-17-25(16-19-10-5-4-6-11-19)24-23(22)21-13-8-14-29-21/h4-15,17H,3,16H2,1-2H3. The van der Waals surface area contributed by atoms with Crippen LogP contribution in [0.15, 0.2) is 83.2 Å². The highest BCUT2D eigenvalue weighted by molar-refractivity contribution is 7.93. The van der Waals surface area contributed by atoms with Crippen molar-refractivity contribution >= 4 is 27.0 Å². The average molecular weight is 438 g/mol. The molecule has 0 radical (unpaired) electrons. The average Bonchev–Trinajstić information content (AvgIpc) is 3.39. The van der Waals surface area contributed by atoms with Crippen LogP contribution in [-0.4, -0.2) is 24.7 Å². The summed E-state index contributed by atoms with van der Waals surface area (Å²) >= 11 is 1.48. The number of aromatic nitrogens is 2. The van der Waals surface area contributed by atoms with Gasteiger partial charge in [0.15, 0.2) is 0 Å². The molecule has 7 heteroatoms. The summed E-state index contributed by atoms with van der Waals surface area (Å²) in [6.07, 6.45) is 1.65. The first-order valence-electron chi connectivity index (χ1n) is 9.73. The fraction of sp³-hybridized carbons (Fsp3) is 0.174. The van der Waals surface area contributed by atoms with E-state index in [-0.39, 0.29) is 4.90 Å². The molecule has 0 aliphatic carbocycles. The number of benzene rings is 2. The first-order valence-corrected chi connectivity index (χ1v) is 12.1. The molecular formula is C23H23N3O2S2. The van der Waals surface area contributed by atoms with Crippen molar-refractivity contribution in [3.05, 3.63) is 89.4 Å². The largest absolute Gasteiger partial charge is 0.268 e. The van der Waals surface area contributed by atoms with E-state index in [9.17, 15) is 8.42 Å². The molecule has 4 rings (SSSR count). The molecule has 5 nitrogen and oxygen atoms in total. The van der Waals surface area contributed by atoms with E-state index < -0.39 is 10.0 Å². The Bertz CT molecular complexity index is 1230. The zero-order valence-corrected chi connectivity index (χ0v) is 18.5. The summed E-state index contributed by atoms with van der Waals surface area (Å²) in [6, 6.07) is 21.3. The smallest absolute Gasteiger partial charge is 0.266 e. The van der Waals surface area contributed by atoms with Crippen LogP contribution in [0, 0.1) is 6.92 Å². The molecule has 0 saturated heterocycles. The van der Waals surface area contributed by atoms with E-state index in [2.05, 4.69) is 5.10 Å². The lowest BCUT2D eigenvalue weighted by atomic mass is 10.2. The monoisotopic (exact) mass is 437 g/mol. The molecule has 0 aliphatic rings. The van der Waals surface area contributed by atoms with Gasteiger partial charge in [0, 0.05) is 12.7 Å². The second-order valence-electron chi connectivity index (χ2n) is 7.01. The molecule has 0 saturated carbocycles. The summed E-state index contributed by atoms with van der Waals surface area (Å²) in [6.45, 7) is 4.64. The van der Waals surface area contributed by atoms with Gasteiger partial charge in [0.2, 0.25) is 0 Å². The van der Waals surface area contributed by atoms with Crippen LogP contribution in [0.4, 0.5) is 5.69 Å². The second kappa shape index (κ2) is 8.45. The Labute approximate surface area is 181 Å². The minimum absolute atomic E-state index is 0.226. The van der Waals surface area contributed by atoms with Gasteiger partial charge in [0.05, 0.1) is 17.1 Å². The Morgan fingerprint density at radius 2 is 1.83 bits per heavy atom. The van der Waals surface area contributed by atoms with Gasteiger partial charge in [-0.15, -0.1) is 11.3 Å². The number of aryl methyl sites for hydroxylation is 1. The van der Waals surface area contributed by atoms with Gasteiger partial charge in [0.25, 0.3) is 10.0 Å². The van der Waals surface area contributed by atoms with Crippen molar-refractivity contribution in [1.29, 1.82) is 0 Å². The molecule has 2 aromatic carbocycles. The highest BCUT2D eigenvalue weighted by Gasteiger charge is 2.30. The van der Waals surface area contributed by atoms with Gasteiger partial charge in [-0.1, -0.05) is 48.5 Å². The normalized spacial score (nSPS) is 11.5. The lowest BCUT2D eigenvalue weighted by Gasteiger charge is -2.23. The van der Waals surface area contributed by atoms with Crippen LogP contribution in [0.2, 0.25) is 0 Å². The van der Waals surface area contributed by atoms with Crippen molar-refractivity contribution in [2.75, 3.05) is 10.8 Å². The Morgan fingerprint density at radius 3 is 2.50 bits per heavy atom. The summed E-state index contributed by atoms with van der Waals surface area (Å²) < 4.78 is 30.6. The van der Waals surface area contributed by atoms with E-state index in [1.807, 2.05) is 86.0 Å². The molecule has 0 unspecified atom stereocenters. The van der Waals surface area contributed by atoms with Crippen LogP contribution in [0.5, 0.6) is 0 Å². The van der Waals surface area contributed by atoms with Crippen LogP contribution in [0.3, 0.4) is 0 Å². The Morgan fingerprint density at radius 1 is 1.03 bits per heavy atom. The molecule has 0 spiro atoms. The van der Waals surface area contributed by atoms with Crippen LogP contribution in [0.25, 0.3) is 10.6 Å². The van der Waals surface area contributed by atoms with Crippen LogP contribution < -0.4 is 4.31 Å². The Balaban J connectivity index is 1.81. The Hall–Kier alpha value is -2.90. The van der Waals surface area contributed by atoms with Gasteiger partial charge in [-0.05, 0) is 48.6 Å². The quantitative estimate of drug-likeness (QED) is 0.400. The highest BCUT2D eigenvalue weighted by Crippen LogP contribution is 2.33. The number of rotatable bonds is 7. The number of hydrogen-bond donors (Lipinski definition) is 0. The molecule has 0 fully saturated rings. The van der Waals surface area contributed by atoms with Crippen LogP contribution >= 0.6 is 11.3 Å². The number of nitrogens with zero attached hydrogens (tertiary/aromatic N) is 3. The Kier molecular flexibility index (Phi) is 5.74. The van der Waals surface area contributed by atoms with Gasteiger partial charge < -0.3 is 0 Å². The SMILES string of the molecule is CCN(c1cccc(C)c1)S(=O)(=O)c1cn(Cc2ccccc2)nc1-c1cccs1. The summed E-state index contributed by atoms with van der Waals surface area (Å²) in [5.74, 6) is 0. The van der Waals surface area contributed by atoms with Crippen LogP contribution in [-0.2, 0) is 16.6 Å². The first kappa shape index (κ1) is 20.4. The fourth-order valence-electron chi connectivity index (χ4n) is 3.42.